The summed E-state index contributed by atoms with van der Waals surface area (Å²) in [4.78, 5) is 0. The molecule has 2 nitrogen and oxygen atoms in total. The highest BCUT2D eigenvalue weighted by Crippen LogP contribution is 2.40. The highest BCUT2D eigenvalue weighted by molar-refractivity contribution is 5.90. The van der Waals surface area contributed by atoms with E-state index in [2.05, 4.69) is 83.4 Å². The van der Waals surface area contributed by atoms with Crippen molar-refractivity contribution in [1.82, 2.24) is 0 Å². The molecule has 0 spiro atoms. The van der Waals surface area contributed by atoms with Gasteiger partial charge in [-0.1, -0.05) is 99.2 Å². The van der Waals surface area contributed by atoms with Crippen LogP contribution in [0.1, 0.15) is 64.2 Å². The van der Waals surface area contributed by atoms with Gasteiger partial charge in [0.2, 0.25) is 0 Å². The molecule has 0 radical (unpaired) electrons. The Bertz CT molecular complexity index is 901. The molecule has 0 unspecified atom stereocenters. The minimum Gasteiger partial charge on any atom is -0.382 e. The first-order valence-corrected chi connectivity index (χ1v) is 12.7. The second-order valence-electron chi connectivity index (χ2n) is 9.63. The quantitative estimate of drug-likeness (QED) is 0.414. The molecule has 0 bridgehead atoms. The molecule has 2 N–H and O–H groups in total. The van der Waals surface area contributed by atoms with E-state index in [0.29, 0.717) is 12.1 Å². The zero-order valence-electron chi connectivity index (χ0n) is 19.2. The Labute approximate surface area is 193 Å². The zero-order chi connectivity index (χ0) is 21.6. The van der Waals surface area contributed by atoms with Gasteiger partial charge >= 0.3 is 0 Å². The number of hydrogen-bond donors (Lipinski definition) is 2. The number of hydrogen-bond acceptors (Lipinski definition) is 2. The van der Waals surface area contributed by atoms with Crippen LogP contribution in [0.5, 0.6) is 0 Å². The maximum absolute atomic E-state index is 3.96. The zero-order valence-corrected chi connectivity index (χ0v) is 19.2. The molecule has 3 aromatic carbocycles. The van der Waals surface area contributed by atoms with Gasteiger partial charge in [0.05, 0.1) is 0 Å². The normalized spacial score (nSPS) is 17.8. The number of anilines is 2. The van der Waals surface area contributed by atoms with Crippen molar-refractivity contribution < 1.29 is 0 Å². The fraction of sp³-hybridized carbons (Fsp3) is 0.400. The van der Waals surface area contributed by atoms with Gasteiger partial charge < -0.3 is 10.6 Å². The molecular formula is C30H36N2. The molecule has 166 valence electrons. The van der Waals surface area contributed by atoms with Gasteiger partial charge in [0.15, 0.2) is 0 Å². The molecule has 2 saturated carbocycles. The lowest BCUT2D eigenvalue weighted by atomic mass is 9.91. The Hall–Kier alpha value is -2.74. The minimum absolute atomic E-state index is 0.576. The summed E-state index contributed by atoms with van der Waals surface area (Å²) in [6.45, 7) is 0. The standard InChI is InChI=1S/C30H36N2/c1-5-13-23(14-6-1)27-21-30(32-26-19-11-4-12-20-26)28(24-15-7-2-8-16-24)22-29(27)31-25-17-9-3-10-18-25/h1-2,5-8,13-16,21-22,25-26,31-32H,3-4,9-12,17-20H2. The number of nitrogens with one attached hydrogen (secondary N) is 2. The van der Waals surface area contributed by atoms with Crippen molar-refractivity contribution in [3.63, 3.8) is 0 Å². The second-order valence-corrected chi connectivity index (χ2v) is 9.63. The summed E-state index contributed by atoms with van der Waals surface area (Å²) in [6.07, 6.45) is 13.2. The molecule has 0 atom stereocenters. The van der Waals surface area contributed by atoms with E-state index in [1.165, 1.54) is 97.8 Å². The summed E-state index contributed by atoms with van der Waals surface area (Å²) in [5, 5.41) is 7.92. The van der Waals surface area contributed by atoms with Crippen molar-refractivity contribution in [2.24, 2.45) is 0 Å². The maximum atomic E-state index is 3.96. The van der Waals surface area contributed by atoms with Crippen LogP contribution < -0.4 is 10.6 Å². The fourth-order valence-electron chi connectivity index (χ4n) is 5.49. The van der Waals surface area contributed by atoms with Crippen LogP contribution in [0.25, 0.3) is 22.3 Å². The molecule has 0 amide bonds. The third kappa shape index (κ3) is 5.01. The van der Waals surface area contributed by atoms with E-state index in [4.69, 9.17) is 0 Å². The smallest absolute Gasteiger partial charge is 0.0429 e. The molecular weight excluding hydrogens is 388 g/mol. The van der Waals surface area contributed by atoms with E-state index in [1.807, 2.05) is 0 Å². The van der Waals surface area contributed by atoms with Crippen LogP contribution in [0.4, 0.5) is 11.4 Å². The monoisotopic (exact) mass is 424 g/mol. The molecule has 32 heavy (non-hydrogen) atoms. The van der Waals surface area contributed by atoms with Crippen molar-refractivity contribution in [2.45, 2.75) is 76.3 Å². The second kappa shape index (κ2) is 10.3. The van der Waals surface area contributed by atoms with E-state index in [-0.39, 0.29) is 0 Å². The minimum atomic E-state index is 0.576. The van der Waals surface area contributed by atoms with Crippen LogP contribution in [0, 0.1) is 0 Å². The molecule has 0 aliphatic heterocycles. The van der Waals surface area contributed by atoms with Gasteiger partial charge in [0, 0.05) is 34.6 Å². The first kappa shape index (κ1) is 21.1. The Morgan fingerprint density at radius 1 is 0.469 bits per heavy atom. The first-order valence-electron chi connectivity index (χ1n) is 12.7. The third-order valence-electron chi connectivity index (χ3n) is 7.26. The molecule has 2 heteroatoms. The van der Waals surface area contributed by atoms with E-state index >= 15 is 0 Å². The van der Waals surface area contributed by atoms with Crippen molar-refractivity contribution >= 4 is 11.4 Å². The van der Waals surface area contributed by atoms with Crippen LogP contribution in [0.2, 0.25) is 0 Å². The van der Waals surface area contributed by atoms with E-state index in [1.54, 1.807) is 0 Å². The average Bonchev–Trinajstić information content (AvgIpc) is 2.87. The van der Waals surface area contributed by atoms with Crippen LogP contribution in [0.3, 0.4) is 0 Å². The van der Waals surface area contributed by atoms with Crippen LogP contribution >= 0.6 is 0 Å². The summed E-state index contributed by atoms with van der Waals surface area (Å²) < 4.78 is 0. The van der Waals surface area contributed by atoms with Crippen LogP contribution in [-0.2, 0) is 0 Å². The predicted octanol–water partition coefficient (Wildman–Crippen LogP) is 8.51. The maximum Gasteiger partial charge on any atom is 0.0429 e. The van der Waals surface area contributed by atoms with Crippen LogP contribution in [-0.4, -0.2) is 12.1 Å². The van der Waals surface area contributed by atoms with Gasteiger partial charge in [-0.15, -0.1) is 0 Å². The van der Waals surface area contributed by atoms with Gasteiger partial charge in [-0.05, 0) is 48.9 Å². The van der Waals surface area contributed by atoms with E-state index < -0.39 is 0 Å². The molecule has 2 fully saturated rings. The summed E-state index contributed by atoms with van der Waals surface area (Å²) >= 11 is 0. The molecule has 2 aliphatic rings. The van der Waals surface area contributed by atoms with Gasteiger partial charge in [-0.2, -0.15) is 0 Å². The predicted molar refractivity (Wildman–Crippen MR) is 138 cm³/mol. The molecule has 0 saturated heterocycles. The molecule has 0 heterocycles. The van der Waals surface area contributed by atoms with Crippen molar-refractivity contribution in [3.05, 3.63) is 72.8 Å². The Morgan fingerprint density at radius 3 is 1.22 bits per heavy atom. The van der Waals surface area contributed by atoms with Gasteiger partial charge in [-0.3, -0.25) is 0 Å². The third-order valence-corrected chi connectivity index (χ3v) is 7.26. The molecule has 5 rings (SSSR count). The highest BCUT2D eigenvalue weighted by atomic mass is 14.9. The van der Waals surface area contributed by atoms with Crippen molar-refractivity contribution in [2.75, 3.05) is 10.6 Å². The van der Waals surface area contributed by atoms with Gasteiger partial charge in [-0.25, -0.2) is 0 Å². The Kier molecular flexibility index (Phi) is 6.77. The molecule has 0 aromatic heterocycles. The van der Waals surface area contributed by atoms with E-state index in [0.717, 1.165) is 0 Å². The highest BCUT2D eigenvalue weighted by Gasteiger charge is 2.20. The SMILES string of the molecule is c1ccc(-c2cc(NC3CCCCC3)c(-c3ccccc3)cc2NC2CCCCC2)cc1. The average molecular weight is 425 g/mol. The van der Waals surface area contributed by atoms with Crippen molar-refractivity contribution in [3.8, 4) is 22.3 Å². The summed E-state index contributed by atoms with van der Waals surface area (Å²) in [7, 11) is 0. The summed E-state index contributed by atoms with van der Waals surface area (Å²) in [5.41, 5.74) is 7.75. The largest absolute Gasteiger partial charge is 0.382 e. The lowest BCUT2D eigenvalue weighted by molar-refractivity contribution is 0.462. The van der Waals surface area contributed by atoms with Gasteiger partial charge in [0.25, 0.3) is 0 Å². The Morgan fingerprint density at radius 2 is 0.844 bits per heavy atom. The lowest BCUT2D eigenvalue weighted by Crippen LogP contribution is -2.24. The molecule has 3 aromatic rings. The topological polar surface area (TPSA) is 24.1 Å². The first-order chi connectivity index (χ1) is 15.9. The fourth-order valence-corrected chi connectivity index (χ4v) is 5.49. The van der Waals surface area contributed by atoms with Crippen molar-refractivity contribution in [1.29, 1.82) is 0 Å². The number of rotatable bonds is 6. The summed E-state index contributed by atoms with van der Waals surface area (Å²) in [5.74, 6) is 0. The summed E-state index contributed by atoms with van der Waals surface area (Å²) in [6, 6.07) is 27.8. The van der Waals surface area contributed by atoms with E-state index in [9.17, 15) is 0 Å². The molecule has 2 aliphatic carbocycles. The lowest BCUT2D eigenvalue weighted by Gasteiger charge is -2.29. The van der Waals surface area contributed by atoms with Gasteiger partial charge in [0.1, 0.15) is 0 Å². The Balaban J connectivity index is 1.59. The van der Waals surface area contributed by atoms with Crippen LogP contribution in [0.15, 0.2) is 72.8 Å². The number of benzene rings is 3.